The number of hydrogen-bond donors (Lipinski definition) is 3. The van der Waals surface area contributed by atoms with Crippen molar-refractivity contribution in [3.8, 4) is 0 Å². The number of amides is 2. The number of aromatic nitrogens is 3. The molecule has 2 amide bonds. The molecule has 2 aliphatic rings. The Hall–Kier alpha value is -2.05. The Bertz CT molecular complexity index is 599. The molecule has 1 aromatic rings. The van der Waals surface area contributed by atoms with Crippen molar-refractivity contribution in [2.45, 2.75) is 51.2 Å². The average molecular weight is 291 g/mol. The molecule has 1 fully saturated rings. The second kappa shape index (κ2) is 5.75. The lowest BCUT2D eigenvalue weighted by Crippen LogP contribution is -2.45. The number of allylic oxidation sites excluding steroid dienone is 1. The minimum Gasteiger partial charge on any atom is -0.335 e. The van der Waals surface area contributed by atoms with Crippen LogP contribution in [0.25, 0.3) is 0 Å². The molecule has 114 valence electrons. The third-order valence-electron chi connectivity index (χ3n) is 4.16. The Morgan fingerprint density at radius 1 is 1.43 bits per heavy atom. The zero-order chi connectivity index (χ0) is 14.8. The van der Waals surface area contributed by atoms with Gasteiger partial charge in [0.15, 0.2) is 5.82 Å². The van der Waals surface area contributed by atoms with E-state index < -0.39 is 0 Å². The van der Waals surface area contributed by atoms with Crippen molar-refractivity contribution < 1.29 is 4.79 Å². The highest BCUT2D eigenvalue weighted by Crippen LogP contribution is 2.33. The normalized spacial score (nSPS) is 24.8. The number of rotatable bonds is 4. The van der Waals surface area contributed by atoms with Crippen LogP contribution in [0, 0.1) is 5.92 Å². The molecule has 0 aliphatic heterocycles. The van der Waals surface area contributed by atoms with Gasteiger partial charge in [-0.15, -0.1) is 0 Å². The van der Waals surface area contributed by atoms with Crippen molar-refractivity contribution in [3.05, 3.63) is 28.5 Å². The van der Waals surface area contributed by atoms with E-state index in [2.05, 4.69) is 39.9 Å². The van der Waals surface area contributed by atoms with E-state index >= 15 is 0 Å². The van der Waals surface area contributed by atoms with Crippen LogP contribution in [0.2, 0.25) is 0 Å². The predicted molar refractivity (Wildman–Crippen MR) is 77.8 cm³/mol. The van der Waals surface area contributed by atoms with E-state index in [1.165, 1.54) is 0 Å². The van der Waals surface area contributed by atoms with Gasteiger partial charge in [0.05, 0.1) is 6.54 Å². The monoisotopic (exact) mass is 291 g/mol. The van der Waals surface area contributed by atoms with Gasteiger partial charge < -0.3 is 10.6 Å². The standard InChI is InChI=1S/C14H21N5O2/c1-9-4-2-3-5-11(9)16-13(20)15-8-12-17-18-14(21)19(12)10-6-7-10/h2-3,9-11H,4-8H2,1H3,(H,18,21)(H2,15,16,20)/t9-,11-/m1/s1. The van der Waals surface area contributed by atoms with E-state index in [0.717, 1.165) is 25.7 Å². The van der Waals surface area contributed by atoms with Crippen molar-refractivity contribution in [2.75, 3.05) is 0 Å². The molecule has 0 aromatic carbocycles. The first-order valence-corrected chi connectivity index (χ1v) is 7.50. The molecule has 7 heteroatoms. The van der Waals surface area contributed by atoms with E-state index in [1.54, 1.807) is 4.57 Å². The molecule has 1 heterocycles. The first-order valence-electron chi connectivity index (χ1n) is 7.50. The maximum atomic E-state index is 12.0. The van der Waals surface area contributed by atoms with Crippen molar-refractivity contribution in [1.29, 1.82) is 0 Å². The minimum atomic E-state index is -0.208. The van der Waals surface area contributed by atoms with Crippen molar-refractivity contribution >= 4 is 6.03 Å². The van der Waals surface area contributed by atoms with E-state index in [-0.39, 0.29) is 30.3 Å². The summed E-state index contributed by atoms with van der Waals surface area (Å²) in [6, 6.07) is 0.208. The summed E-state index contributed by atoms with van der Waals surface area (Å²) < 4.78 is 1.65. The first-order chi connectivity index (χ1) is 10.1. The highest BCUT2D eigenvalue weighted by atomic mass is 16.2. The molecule has 1 aromatic heterocycles. The Labute approximate surface area is 122 Å². The van der Waals surface area contributed by atoms with Crippen LogP contribution >= 0.6 is 0 Å². The summed E-state index contributed by atoms with van der Waals surface area (Å²) >= 11 is 0. The van der Waals surface area contributed by atoms with Gasteiger partial charge in [-0.3, -0.25) is 4.57 Å². The zero-order valence-corrected chi connectivity index (χ0v) is 12.1. The summed E-state index contributed by atoms with van der Waals surface area (Å²) in [7, 11) is 0. The number of aromatic amines is 1. The maximum absolute atomic E-state index is 12.0. The van der Waals surface area contributed by atoms with E-state index in [0.29, 0.717) is 11.7 Å². The van der Waals surface area contributed by atoms with Crippen LogP contribution < -0.4 is 16.3 Å². The quantitative estimate of drug-likeness (QED) is 0.724. The number of nitrogens with one attached hydrogen (secondary N) is 3. The van der Waals surface area contributed by atoms with Gasteiger partial charge in [0.2, 0.25) is 0 Å². The van der Waals surface area contributed by atoms with E-state index in [9.17, 15) is 9.59 Å². The molecular weight excluding hydrogens is 270 g/mol. The Kier molecular flexibility index (Phi) is 3.81. The van der Waals surface area contributed by atoms with Gasteiger partial charge in [-0.25, -0.2) is 14.7 Å². The molecule has 3 rings (SSSR count). The van der Waals surface area contributed by atoms with Crippen LogP contribution in [0.15, 0.2) is 16.9 Å². The predicted octanol–water partition coefficient (Wildman–Crippen LogP) is 1.06. The summed E-state index contributed by atoms with van der Waals surface area (Å²) in [6.07, 6.45) is 8.12. The summed E-state index contributed by atoms with van der Waals surface area (Å²) in [5, 5.41) is 12.2. The van der Waals surface area contributed by atoms with Gasteiger partial charge in [-0.1, -0.05) is 19.1 Å². The Morgan fingerprint density at radius 3 is 2.90 bits per heavy atom. The molecular formula is C14H21N5O2. The highest BCUT2D eigenvalue weighted by molar-refractivity contribution is 5.74. The first kappa shape index (κ1) is 13.9. The number of carbonyl (C=O) groups excluding carboxylic acids is 1. The summed E-state index contributed by atoms with van der Waals surface area (Å²) in [6.45, 7) is 2.39. The molecule has 1 saturated carbocycles. The fourth-order valence-electron chi connectivity index (χ4n) is 2.70. The van der Waals surface area contributed by atoms with Crippen LogP contribution in [-0.4, -0.2) is 26.8 Å². The Morgan fingerprint density at radius 2 is 2.19 bits per heavy atom. The van der Waals surface area contributed by atoms with Gasteiger partial charge in [0, 0.05) is 12.1 Å². The number of nitrogens with zero attached hydrogens (tertiary/aromatic N) is 2. The summed E-state index contributed by atoms with van der Waals surface area (Å²) in [4.78, 5) is 23.6. The smallest absolute Gasteiger partial charge is 0.335 e. The minimum absolute atomic E-state index is 0.166. The fourth-order valence-corrected chi connectivity index (χ4v) is 2.70. The average Bonchev–Trinajstić information content (AvgIpc) is 3.23. The van der Waals surface area contributed by atoms with Gasteiger partial charge in [-0.05, 0) is 31.6 Å². The summed E-state index contributed by atoms with van der Waals surface area (Å²) in [5.74, 6) is 1.03. The molecule has 7 nitrogen and oxygen atoms in total. The number of H-pyrrole nitrogens is 1. The molecule has 3 N–H and O–H groups in total. The van der Waals surface area contributed by atoms with Crippen LogP contribution in [-0.2, 0) is 6.54 Å². The molecule has 0 saturated heterocycles. The lowest BCUT2D eigenvalue weighted by molar-refractivity contribution is 0.230. The van der Waals surface area contributed by atoms with Gasteiger partial charge >= 0.3 is 11.7 Å². The third-order valence-corrected chi connectivity index (χ3v) is 4.16. The number of hydrogen-bond acceptors (Lipinski definition) is 3. The van der Waals surface area contributed by atoms with Crippen LogP contribution in [0.4, 0.5) is 4.79 Å². The fraction of sp³-hybridized carbons (Fsp3) is 0.643. The molecule has 2 atom stereocenters. The number of carbonyl (C=O) groups is 1. The number of urea groups is 1. The Balaban J connectivity index is 1.54. The molecule has 2 aliphatic carbocycles. The lowest BCUT2D eigenvalue weighted by Gasteiger charge is -2.26. The second-order valence-corrected chi connectivity index (χ2v) is 5.90. The van der Waals surface area contributed by atoms with Gasteiger partial charge in [0.25, 0.3) is 0 Å². The maximum Gasteiger partial charge on any atom is 0.343 e. The van der Waals surface area contributed by atoms with Gasteiger partial charge in [0.1, 0.15) is 0 Å². The lowest BCUT2D eigenvalue weighted by atomic mass is 9.91. The molecule has 0 radical (unpaired) electrons. The highest BCUT2D eigenvalue weighted by Gasteiger charge is 2.28. The van der Waals surface area contributed by atoms with E-state index in [1.807, 2.05) is 0 Å². The van der Waals surface area contributed by atoms with Crippen molar-refractivity contribution in [2.24, 2.45) is 5.92 Å². The third kappa shape index (κ3) is 3.17. The molecule has 21 heavy (non-hydrogen) atoms. The zero-order valence-electron chi connectivity index (χ0n) is 12.1. The largest absolute Gasteiger partial charge is 0.343 e. The molecule has 0 bridgehead atoms. The SMILES string of the molecule is C[C@@H]1CC=CC[C@H]1NC(=O)NCc1n[nH]c(=O)n1C1CC1. The van der Waals surface area contributed by atoms with Crippen molar-refractivity contribution in [3.63, 3.8) is 0 Å². The second-order valence-electron chi connectivity index (χ2n) is 5.90. The van der Waals surface area contributed by atoms with E-state index in [4.69, 9.17) is 0 Å². The summed E-state index contributed by atoms with van der Waals surface area (Å²) in [5.41, 5.74) is -0.194. The molecule has 0 unspecified atom stereocenters. The van der Waals surface area contributed by atoms with Gasteiger partial charge in [-0.2, -0.15) is 5.10 Å². The van der Waals surface area contributed by atoms with Crippen molar-refractivity contribution in [1.82, 2.24) is 25.4 Å². The van der Waals surface area contributed by atoms with Crippen LogP contribution in [0.1, 0.15) is 44.5 Å². The molecule has 0 spiro atoms. The van der Waals surface area contributed by atoms with Crippen LogP contribution in [0.5, 0.6) is 0 Å². The van der Waals surface area contributed by atoms with Crippen LogP contribution in [0.3, 0.4) is 0 Å². The topological polar surface area (TPSA) is 91.8 Å².